The van der Waals surface area contributed by atoms with Crippen molar-refractivity contribution < 1.29 is 14.7 Å². The predicted octanol–water partition coefficient (Wildman–Crippen LogP) is 2.46. The van der Waals surface area contributed by atoms with Crippen LogP contribution in [-0.2, 0) is 4.79 Å². The summed E-state index contributed by atoms with van der Waals surface area (Å²) < 4.78 is 0. The first kappa shape index (κ1) is 15.3. The third-order valence-corrected chi connectivity index (χ3v) is 4.20. The van der Waals surface area contributed by atoms with E-state index in [0.29, 0.717) is 24.4 Å². The lowest BCUT2D eigenvalue weighted by Gasteiger charge is -2.32. The first-order valence-electron chi connectivity index (χ1n) is 7.72. The molecule has 1 saturated heterocycles. The van der Waals surface area contributed by atoms with Crippen LogP contribution in [0, 0.1) is 6.92 Å². The van der Waals surface area contributed by atoms with E-state index in [2.05, 4.69) is 10.2 Å². The molecule has 0 bridgehead atoms. The van der Waals surface area contributed by atoms with E-state index in [9.17, 15) is 14.7 Å². The Morgan fingerprint density at radius 3 is 2.70 bits per heavy atom. The van der Waals surface area contributed by atoms with Gasteiger partial charge in [-0.3, -0.25) is 9.89 Å². The summed E-state index contributed by atoms with van der Waals surface area (Å²) in [6, 6.07) is 8.79. The smallest absolute Gasteiger partial charge is 0.326 e. The third-order valence-electron chi connectivity index (χ3n) is 4.20. The number of carbonyl (C=O) groups is 2. The van der Waals surface area contributed by atoms with Crippen molar-refractivity contribution in [2.45, 2.75) is 32.2 Å². The fourth-order valence-electron chi connectivity index (χ4n) is 2.89. The summed E-state index contributed by atoms with van der Waals surface area (Å²) in [5.41, 5.74) is 3.07. The number of H-pyrrole nitrogens is 1. The number of nitrogens with zero attached hydrogens (tertiary/aromatic N) is 2. The van der Waals surface area contributed by atoms with Crippen LogP contribution >= 0.6 is 0 Å². The van der Waals surface area contributed by atoms with E-state index in [1.807, 2.05) is 31.2 Å². The summed E-state index contributed by atoms with van der Waals surface area (Å²) in [6.45, 7) is 2.47. The highest BCUT2D eigenvalue weighted by Gasteiger charge is 2.33. The van der Waals surface area contributed by atoms with Crippen LogP contribution in [0.2, 0.25) is 0 Å². The van der Waals surface area contributed by atoms with Gasteiger partial charge in [0.2, 0.25) is 0 Å². The Hall–Kier alpha value is -2.63. The van der Waals surface area contributed by atoms with E-state index in [1.54, 1.807) is 6.07 Å². The van der Waals surface area contributed by atoms with Crippen LogP contribution in [0.5, 0.6) is 0 Å². The number of aromatic nitrogens is 2. The highest BCUT2D eigenvalue weighted by molar-refractivity contribution is 5.96. The molecule has 1 aromatic heterocycles. The van der Waals surface area contributed by atoms with Gasteiger partial charge in [0, 0.05) is 12.1 Å². The molecule has 6 heteroatoms. The third kappa shape index (κ3) is 3.11. The van der Waals surface area contributed by atoms with Crippen molar-refractivity contribution >= 4 is 11.9 Å². The fourth-order valence-corrected chi connectivity index (χ4v) is 2.89. The van der Waals surface area contributed by atoms with Gasteiger partial charge in [0.15, 0.2) is 0 Å². The Balaban J connectivity index is 1.83. The number of nitrogens with one attached hydrogen (secondary N) is 1. The lowest BCUT2D eigenvalue weighted by Crippen LogP contribution is -2.48. The Morgan fingerprint density at radius 2 is 2.00 bits per heavy atom. The zero-order valence-electron chi connectivity index (χ0n) is 13.0. The molecule has 1 aliphatic heterocycles. The van der Waals surface area contributed by atoms with Crippen molar-refractivity contribution in [3.63, 3.8) is 0 Å². The molecule has 1 aliphatic rings. The van der Waals surface area contributed by atoms with Crippen molar-refractivity contribution in [3.8, 4) is 11.3 Å². The number of hydrogen-bond acceptors (Lipinski definition) is 3. The van der Waals surface area contributed by atoms with Crippen LogP contribution in [0.15, 0.2) is 30.3 Å². The molecular formula is C17H19N3O3. The average Bonchev–Trinajstić information content (AvgIpc) is 3.04. The van der Waals surface area contributed by atoms with Gasteiger partial charge < -0.3 is 10.0 Å². The number of rotatable bonds is 3. The fraction of sp³-hybridized carbons (Fsp3) is 0.353. The van der Waals surface area contributed by atoms with Crippen molar-refractivity contribution in [3.05, 3.63) is 41.6 Å². The molecule has 6 nitrogen and oxygen atoms in total. The second-order valence-electron chi connectivity index (χ2n) is 5.88. The van der Waals surface area contributed by atoms with Crippen LogP contribution in [0.3, 0.4) is 0 Å². The van der Waals surface area contributed by atoms with Gasteiger partial charge in [-0.2, -0.15) is 5.10 Å². The minimum Gasteiger partial charge on any atom is -0.480 e. The maximum Gasteiger partial charge on any atom is 0.326 e. The number of hydrogen-bond donors (Lipinski definition) is 2. The van der Waals surface area contributed by atoms with Crippen LogP contribution in [0.25, 0.3) is 11.3 Å². The van der Waals surface area contributed by atoms with Crippen LogP contribution in [0.4, 0.5) is 0 Å². The molecule has 2 aromatic rings. The molecule has 0 saturated carbocycles. The van der Waals surface area contributed by atoms with Gasteiger partial charge in [-0.1, -0.05) is 29.8 Å². The number of likely N-dealkylation sites (tertiary alicyclic amines) is 1. The first-order chi connectivity index (χ1) is 11.1. The highest BCUT2D eigenvalue weighted by Crippen LogP contribution is 2.22. The lowest BCUT2D eigenvalue weighted by molar-refractivity contribution is -0.143. The topological polar surface area (TPSA) is 86.3 Å². The number of carbonyl (C=O) groups excluding carboxylic acids is 1. The van der Waals surface area contributed by atoms with Gasteiger partial charge in [0.05, 0.1) is 5.69 Å². The van der Waals surface area contributed by atoms with E-state index in [4.69, 9.17) is 0 Å². The standard InChI is InChI=1S/C17H19N3O3/c1-11-5-7-12(8-6-11)13-10-14(19-18-13)16(21)20-9-3-2-4-15(20)17(22)23/h5-8,10,15H,2-4,9H2,1H3,(H,18,19)(H,22,23)/t15-/m1/s1. The molecule has 3 rings (SSSR count). The van der Waals surface area contributed by atoms with E-state index in [-0.39, 0.29) is 5.91 Å². The number of aliphatic carboxylic acids is 1. The van der Waals surface area contributed by atoms with E-state index < -0.39 is 12.0 Å². The first-order valence-corrected chi connectivity index (χ1v) is 7.72. The molecule has 1 fully saturated rings. The quantitative estimate of drug-likeness (QED) is 0.911. The number of piperidine rings is 1. The number of carboxylic acid groups (broad SMARTS) is 1. The second-order valence-corrected chi connectivity index (χ2v) is 5.88. The van der Waals surface area contributed by atoms with Gasteiger partial charge in [-0.25, -0.2) is 4.79 Å². The Labute approximate surface area is 134 Å². The zero-order chi connectivity index (χ0) is 16.4. The molecule has 0 unspecified atom stereocenters. The maximum atomic E-state index is 12.6. The molecule has 0 spiro atoms. The molecule has 1 amide bonds. The van der Waals surface area contributed by atoms with E-state index in [0.717, 1.165) is 24.0 Å². The molecule has 0 radical (unpaired) electrons. The summed E-state index contributed by atoms with van der Waals surface area (Å²) in [5, 5.41) is 16.2. The van der Waals surface area contributed by atoms with Crippen molar-refractivity contribution in [1.82, 2.24) is 15.1 Å². The Kier molecular flexibility index (Phi) is 4.14. The molecule has 2 heterocycles. The number of carboxylic acids is 1. The monoisotopic (exact) mass is 313 g/mol. The summed E-state index contributed by atoms with van der Waals surface area (Å²) in [6.07, 6.45) is 2.16. The van der Waals surface area contributed by atoms with Crippen molar-refractivity contribution in [2.75, 3.05) is 6.54 Å². The van der Waals surface area contributed by atoms with E-state index in [1.165, 1.54) is 4.90 Å². The number of aromatic amines is 1. The number of amides is 1. The van der Waals surface area contributed by atoms with Crippen LogP contribution < -0.4 is 0 Å². The van der Waals surface area contributed by atoms with Gasteiger partial charge in [-0.05, 0) is 32.3 Å². The molecule has 1 aromatic carbocycles. The van der Waals surface area contributed by atoms with Gasteiger partial charge in [0.25, 0.3) is 5.91 Å². The predicted molar refractivity (Wildman–Crippen MR) is 85.1 cm³/mol. The largest absolute Gasteiger partial charge is 0.480 e. The Morgan fingerprint density at radius 1 is 1.26 bits per heavy atom. The zero-order valence-corrected chi connectivity index (χ0v) is 13.0. The number of aryl methyl sites for hydroxylation is 1. The minimum absolute atomic E-state index is 0.303. The summed E-state index contributed by atoms with van der Waals surface area (Å²) in [4.78, 5) is 25.4. The van der Waals surface area contributed by atoms with Gasteiger partial charge in [0.1, 0.15) is 11.7 Å². The molecule has 23 heavy (non-hydrogen) atoms. The average molecular weight is 313 g/mol. The molecule has 120 valence electrons. The van der Waals surface area contributed by atoms with Gasteiger partial charge in [-0.15, -0.1) is 0 Å². The molecule has 2 N–H and O–H groups in total. The Bertz CT molecular complexity index is 721. The number of benzene rings is 1. The van der Waals surface area contributed by atoms with Crippen molar-refractivity contribution in [2.24, 2.45) is 0 Å². The van der Waals surface area contributed by atoms with E-state index >= 15 is 0 Å². The minimum atomic E-state index is -0.948. The summed E-state index contributed by atoms with van der Waals surface area (Å²) in [7, 11) is 0. The van der Waals surface area contributed by atoms with Crippen molar-refractivity contribution in [1.29, 1.82) is 0 Å². The highest BCUT2D eigenvalue weighted by atomic mass is 16.4. The van der Waals surface area contributed by atoms with Crippen LogP contribution in [0.1, 0.15) is 35.3 Å². The summed E-state index contributed by atoms with van der Waals surface area (Å²) >= 11 is 0. The maximum absolute atomic E-state index is 12.6. The summed E-state index contributed by atoms with van der Waals surface area (Å²) in [5.74, 6) is -1.25. The SMILES string of the molecule is Cc1ccc(-c2cc(C(=O)N3CCCC[C@@H]3C(=O)O)[nH]n2)cc1. The lowest BCUT2D eigenvalue weighted by atomic mass is 10.0. The van der Waals surface area contributed by atoms with Gasteiger partial charge >= 0.3 is 5.97 Å². The second kappa shape index (κ2) is 6.24. The molecule has 0 aliphatic carbocycles. The molecular weight excluding hydrogens is 294 g/mol. The molecule has 1 atom stereocenters. The normalized spacial score (nSPS) is 18.0. The van der Waals surface area contributed by atoms with Crippen LogP contribution in [-0.4, -0.2) is 44.7 Å².